The molecular weight excluding hydrogens is 218 g/mol. The molecule has 0 spiro atoms. The summed E-state index contributed by atoms with van der Waals surface area (Å²) in [4.78, 5) is 11.5. The first-order chi connectivity index (χ1) is 7.27. The average molecular weight is 225 g/mol. The Hall–Kier alpha value is -1.90. The molecule has 0 saturated heterocycles. The van der Waals surface area contributed by atoms with Crippen molar-refractivity contribution in [2.24, 2.45) is 0 Å². The van der Waals surface area contributed by atoms with Gasteiger partial charge in [0.05, 0.1) is 24.0 Å². The van der Waals surface area contributed by atoms with Gasteiger partial charge in [0, 0.05) is 0 Å². The van der Waals surface area contributed by atoms with Gasteiger partial charge < -0.3 is 5.32 Å². The van der Waals surface area contributed by atoms with Crippen LogP contribution in [0.15, 0.2) is 6.20 Å². The van der Waals surface area contributed by atoms with Gasteiger partial charge in [-0.3, -0.25) is 4.79 Å². The molecule has 2 N–H and O–H groups in total. The van der Waals surface area contributed by atoms with E-state index in [1.807, 2.05) is 0 Å². The normalized spacial score (nSPS) is 12.3. The lowest BCUT2D eigenvalue weighted by Gasteiger charge is -2.07. The van der Waals surface area contributed by atoms with Crippen LogP contribution in [0.3, 0.4) is 0 Å². The number of rotatable bonds is 3. The highest BCUT2D eigenvalue weighted by molar-refractivity contribution is 6.99. The fourth-order valence-corrected chi connectivity index (χ4v) is 1.36. The topological polar surface area (TPSA) is 109 Å². The van der Waals surface area contributed by atoms with E-state index in [9.17, 15) is 4.79 Å². The van der Waals surface area contributed by atoms with Crippen molar-refractivity contribution in [2.75, 3.05) is 0 Å². The number of amides is 1. The van der Waals surface area contributed by atoms with Crippen molar-refractivity contribution >= 4 is 17.6 Å². The highest BCUT2D eigenvalue weighted by Crippen LogP contribution is 2.05. The summed E-state index contributed by atoms with van der Waals surface area (Å²) in [6.45, 7) is 1.75. The summed E-state index contributed by atoms with van der Waals surface area (Å²) < 4.78 is 7.54. The molecule has 0 aliphatic carbocycles. The number of hydrogen-bond donors (Lipinski definition) is 2. The second kappa shape index (κ2) is 4.09. The Balaban J connectivity index is 2.01. The molecule has 78 valence electrons. The number of carbonyl (C=O) groups excluding carboxylic acids is 1. The van der Waals surface area contributed by atoms with Crippen LogP contribution >= 0.6 is 11.7 Å². The van der Waals surface area contributed by atoms with Crippen molar-refractivity contribution in [1.29, 1.82) is 0 Å². The third-order valence-electron chi connectivity index (χ3n) is 1.69. The van der Waals surface area contributed by atoms with Gasteiger partial charge in [-0.05, 0) is 6.92 Å². The minimum atomic E-state index is -0.321. The molecule has 1 atom stereocenters. The number of nitrogens with zero attached hydrogens (tertiary/aromatic N) is 5. The molecule has 2 aromatic heterocycles. The van der Waals surface area contributed by atoms with Gasteiger partial charge in [-0.15, -0.1) is 10.2 Å². The minimum Gasteiger partial charge on any atom is -0.341 e. The number of aromatic amines is 1. The van der Waals surface area contributed by atoms with Crippen LogP contribution in [-0.4, -0.2) is 35.3 Å². The number of H-pyrrole nitrogens is 1. The maximum Gasteiger partial charge on any atom is 0.273 e. The van der Waals surface area contributed by atoms with Crippen LogP contribution in [0.25, 0.3) is 0 Å². The maximum absolute atomic E-state index is 11.5. The molecule has 8 nitrogen and oxygen atoms in total. The maximum atomic E-state index is 11.5. The Bertz CT molecular complexity index is 424. The second-order valence-corrected chi connectivity index (χ2v) is 3.31. The van der Waals surface area contributed by atoms with Gasteiger partial charge in [0.15, 0.2) is 11.5 Å². The van der Waals surface area contributed by atoms with E-state index >= 15 is 0 Å². The minimum absolute atomic E-state index is 0.287. The Morgan fingerprint density at radius 3 is 3.13 bits per heavy atom. The molecule has 15 heavy (non-hydrogen) atoms. The first-order valence-electron chi connectivity index (χ1n) is 4.09. The summed E-state index contributed by atoms with van der Waals surface area (Å²) in [5.74, 6) is 0.118. The zero-order valence-corrected chi connectivity index (χ0v) is 8.52. The fourth-order valence-electron chi connectivity index (χ4n) is 0.953. The highest BCUT2D eigenvalue weighted by Gasteiger charge is 2.15. The fraction of sp³-hybridized carbons (Fsp3) is 0.333. The lowest BCUT2D eigenvalue weighted by atomic mass is 10.3. The standard InChI is InChI=1S/C6H7N7OS/c1-3(5-9-12-13-10-5)8-6(14)4-2-7-15-11-4/h2-3H,1H3,(H,8,14)(H,9,10,12,13). The Labute approximate surface area is 88.4 Å². The summed E-state index contributed by atoms with van der Waals surface area (Å²) in [7, 11) is 0. The highest BCUT2D eigenvalue weighted by atomic mass is 32.1. The molecule has 2 heterocycles. The van der Waals surface area contributed by atoms with Gasteiger partial charge >= 0.3 is 0 Å². The molecule has 0 saturated carbocycles. The smallest absolute Gasteiger partial charge is 0.273 e. The molecule has 9 heteroatoms. The van der Waals surface area contributed by atoms with Gasteiger partial charge in [0.1, 0.15) is 0 Å². The van der Waals surface area contributed by atoms with Gasteiger partial charge in [0.2, 0.25) is 0 Å². The largest absolute Gasteiger partial charge is 0.341 e. The molecule has 2 rings (SSSR count). The summed E-state index contributed by atoms with van der Waals surface area (Å²) in [5, 5.41) is 15.9. The van der Waals surface area contributed by atoms with Crippen LogP contribution in [0.5, 0.6) is 0 Å². The van der Waals surface area contributed by atoms with Crippen LogP contribution in [0.2, 0.25) is 0 Å². The van der Waals surface area contributed by atoms with Gasteiger partial charge in [-0.2, -0.15) is 14.0 Å². The lowest BCUT2D eigenvalue weighted by Crippen LogP contribution is -2.27. The molecule has 0 aromatic carbocycles. The number of hydrogen-bond acceptors (Lipinski definition) is 7. The third-order valence-corrected chi connectivity index (χ3v) is 2.17. The number of nitrogens with one attached hydrogen (secondary N) is 2. The number of tetrazole rings is 1. The molecule has 1 amide bonds. The van der Waals surface area contributed by atoms with Crippen LogP contribution in [-0.2, 0) is 0 Å². The quantitative estimate of drug-likeness (QED) is 0.731. The van der Waals surface area contributed by atoms with Crippen LogP contribution in [0.4, 0.5) is 0 Å². The van der Waals surface area contributed by atoms with Crippen molar-refractivity contribution in [3.63, 3.8) is 0 Å². The van der Waals surface area contributed by atoms with Gasteiger partial charge in [0.25, 0.3) is 5.91 Å². The summed E-state index contributed by atoms with van der Waals surface area (Å²) in [6.07, 6.45) is 1.41. The van der Waals surface area contributed by atoms with Crippen molar-refractivity contribution in [3.05, 3.63) is 17.7 Å². The molecule has 0 aliphatic heterocycles. The van der Waals surface area contributed by atoms with Crippen LogP contribution in [0, 0.1) is 0 Å². The monoisotopic (exact) mass is 225 g/mol. The van der Waals surface area contributed by atoms with Crippen molar-refractivity contribution < 1.29 is 4.79 Å². The molecule has 0 bridgehead atoms. The molecule has 0 radical (unpaired) electrons. The Kier molecular flexibility index (Phi) is 2.63. The van der Waals surface area contributed by atoms with Gasteiger partial charge in [-0.1, -0.05) is 5.21 Å². The molecule has 0 aliphatic rings. The van der Waals surface area contributed by atoms with E-state index in [0.29, 0.717) is 5.82 Å². The number of aromatic nitrogens is 6. The summed E-state index contributed by atoms with van der Waals surface area (Å²) in [6, 6.07) is -0.321. The summed E-state index contributed by atoms with van der Waals surface area (Å²) >= 11 is 0.982. The zero-order chi connectivity index (χ0) is 10.7. The molecule has 2 aromatic rings. The Morgan fingerprint density at radius 2 is 2.53 bits per heavy atom. The predicted octanol–water partition coefficient (Wildman–Crippen LogP) is -0.458. The summed E-state index contributed by atoms with van der Waals surface area (Å²) in [5.41, 5.74) is 0.287. The van der Waals surface area contributed by atoms with E-state index in [0.717, 1.165) is 11.7 Å². The van der Waals surface area contributed by atoms with E-state index in [1.165, 1.54) is 6.20 Å². The molecule has 0 fully saturated rings. The van der Waals surface area contributed by atoms with Crippen molar-refractivity contribution in [2.45, 2.75) is 13.0 Å². The zero-order valence-electron chi connectivity index (χ0n) is 7.71. The van der Waals surface area contributed by atoms with Crippen LogP contribution in [0.1, 0.15) is 29.3 Å². The average Bonchev–Trinajstić information content (AvgIpc) is 2.91. The predicted molar refractivity (Wildman–Crippen MR) is 50.0 cm³/mol. The lowest BCUT2D eigenvalue weighted by molar-refractivity contribution is 0.0934. The van der Waals surface area contributed by atoms with Crippen molar-refractivity contribution in [1.82, 2.24) is 34.7 Å². The first kappa shape index (κ1) is 9.65. The third kappa shape index (κ3) is 2.13. The molecular formula is C6H7N7OS. The first-order valence-corrected chi connectivity index (χ1v) is 4.82. The Morgan fingerprint density at radius 1 is 1.67 bits per heavy atom. The van der Waals surface area contributed by atoms with E-state index < -0.39 is 0 Å². The van der Waals surface area contributed by atoms with E-state index in [-0.39, 0.29) is 17.6 Å². The van der Waals surface area contributed by atoms with E-state index in [2.05, 4.69) is 34.7 Å². The molecule has 1 unspecified atom stereocenters. The number of carbonyl (C=O) groups is 1. The second-order valence-electron chi connectivity index (χ2n) is 2.76. The van der Waals surface area contributed by atoms with E-state index in [1.54, 1.807) is 6.92 Å². The van der Waals surface area contributed by atoms with Gasteiger partial charge in [-0.25, -0.2) is 0 Å². The van der Waals surface area contributed by atoms with E-state index in [4.69, 9.17) is 0 Å². The SMILES string of the molecule is CC(NC(=O)c1cnsn1)c1nn[nH]n1. The van der Waals surface area contributed by atoms with Crippen molar-refractivity contribution in [3.8, 4) is 0 Å². The van der Waals surface area contributed by atoms with Crippen LogP contribution < -0.4 is 5.32 Å².